The summed E-state index contributed by atoms with van der Waals surface area (Å²) in [6.07, 6.45) is 2.78. The fourth-order valence-electron chi connectivity index (χ4n) is 5.32. The summed E-state index contributed by atoms with van der Waals surface area (Å²) in [6.45, 7) is 8.07. The van der Waals surface area contributed by atoms with Crippen LogP contribution in [0.3, 0.4) is 0 Å². The molecule has 0 spiro atoms. The molecule has 3 aliphatic rings. The summed E-state index contributed by atoms with van der Waals surface area (Å²) in [6, 6.07) is 14.1. The molecule has 40 heavy (non-hydrogen) atoms. The molecule has 2 N–H and O–H groups in total. The Morgan fingerprint density at radius 3 is 2.73 bits per heavy atom. The average molecular weight is 543 g/mol. The summed E-state index contributed by atoms with van der Waals surface area (Å²) >= 11 is 0. The molecule has 3 aliphatic heterocycles. The quantitative estimate of drug-likeness (QED) is 0.415. The highest BCUT2D eigenvalue weighted by molar-refractivity contribution is 5.66. The highest BCUT2D eigenvalue weighted by Crippen LogP contribution is 2.31. The number of benzene rings is 1. The first kappa shape index (κ1) is 26.3. The zero-order valence-electron chi connectivity index (χ0n) is 22.7. The summed E-state index contributed by atoms with van der Waals surface area (Å²) in [5.74, 6) is 2.62. The van der Waals surface area contributed by atoms with Gasteiger partial charge in [0, 0.05) is 50.4 Å². The van der Waals surface area contributed by atoms with Crippen LogP contribution in [0.2, 0.25) is 0 Å². The molecule has 0 bridgehead atoms. The van der Waals surface area contributed by atoms with Crippen molar-refractivity contribution >= 4 is 17.5 Å². The van der Waals surface area contributed by atoms with Crippen molar-refractivity contribution in [3.63, 3.8) is 0 Å². The lowest BCUT2D eigenvalue weighted by Gasteiger charge is -2.43. The van der Waals surface area contributed by atoms with E-state index in [-0.39, 0.29) is 0 Å². The van der Waals surface area contributed by atoms with Crippen molar-refractivity contribution in [2.45, 2.75) is 12.5 Å². The molecule has 1 atom stereocenters. The van der Waals surface area contributed by atoms with Gasteiger partial charge in [-0.1, -0.05) is 0 Å². The van der Waals surface area contributed by atoms with Crippen LogP contribution in [0.1, 0.15) is 12.0 Å². The summed E-state index contributed by atoms with van der Waals surface area (Å²) < 4.78 is 17.0. The van der Waals surface area contributed by atoms with E-state index in [4.69, 9.17) is 14.2 Å². The van der Waals surface area contributed by atoms with Crippen LogP contribution in [0, 0.1) is 17.2 Å². The fourth-order valence-corrected chi connectivity index (χ4v) is 5.32. The van der Waals surface area contributed by atoms with Crippen molar-refractivity contribution < 1.29 is 14.2 Å². The predicted octanol–water partition coefficient (Wildman–Crippen LogP) is 2.67. The first-order chi connectivity index (χ1) is 19.7. The van der Waals surface area contributed by atoms with Crippen LogP contribution in [-0.2, 0) is 4.74 Å². The normalized spacial score (nSPS) is 19.6. The Morgan fingerprint density at radius 1 is 1.12 bits per heavy atom. The molecule has 5 heterocycles. The molecular weight excluding hydrogens is 508 g/mol. The van der Waals surface area contributed by atoms with Crippen LogP contribution >= 0.6 is 0 Å². The highest BCUT2D eigenvalue weighted by Gasteiger charge is 2.29. The lowest BCUT2D eigenvalue weighted by molar-refractivity contribution is -0.0660. The van der Waals surface area contributed by atoms with Crippen LogP contribution in [0.5, 0.6) is 11.6 Å². The summed E-state index contributed by atoms with van der Waals surface area (Å²) in [7, 11) is 1.64. The minimum atomic E-state index is 0.406. The van der Waals surface area contributed by atoms with E-state index in [1.54, 1.807) is 13.3 Å². The van der Waals surface area contributed by atoms with E-state index in [9.17, 15) is 5.26 Å². The number of hydrogen-bond acceptors (Lipinski definition) is 11. The fraction of sp³-hybridized carbons (Fsp3) is 0.448. The van der Waals surface area contributed by atoms with E-state index in [1.165, 1.54) is 0 Å². The number of nitrogens with zero attached hydrogens (tertiary/aromatic N) is 6. The van der Waals surface area contributed by atoms with Crippen molar-refractivity contribution in [1.29, 1.82) is 5.26 Å². The summed E-state index contributed by atoms with van der Waals surface area (Å²) in [4.78, 5) is 18.5. The maximum Gasteiger partial charge on any atom is 0.239 e. The van der Waals surface area contributed by atoms with Crippen molar-refractivity contribution in [2.24, 2.45) is 5.92 Å². The smallest absolute Gasteiger partial charge is 0.239 e. The molecule has 0 saturated carbocycles. The Balaban J connectivity index is 1.13. The maximum absolute atomic E-state index is 9.73. The number of nitriles is 1. The van der Waals surface area contributed by atoms with Gasteiger partial charge in [-0.3, -0.25) is 4.90 Å². The monoisotopic (exact) mass is 542 g/mol. The first-order valence-electron chi connectivity index (χ1n) is 13.8. The van der Waals surface area contributed by atoms with Crippen LogP contribution < -0.4 is 25.0 Å². The van der Waals surface area contributed by atoms with Gasteiger partial charge >= 0.3 is 0 Å². The number of methoxy groups -OCH3 is 1. The zero-order valence-corrected chi connectivity index (χ0v) is 22.7. The predicted molar refractivity (Wildman–Crippen MR) is 151 cm³/mol. The topological polar surface area (TPSA) is 121 Å². The number of anilines is 3. The molecule has 1 unspecified atom stereocenters. The Kier molecular flexibility index (Phi) is 7.90. The minimum absolute atomic E-state index is 0.406. The first-order valence-corrected chi connectivity index (χ1v) is 13.8. The number of hydrogen-bond donors (Lipinski definition) is 2. The third-order valence-electron chi connectivity index (χ3n) is 7.75. The minimum Gasteiger partial charge on any atom is -0.492 e. The molecule has 6 rings (SSSR count). The largest absolute Gasteiger partial charge is 0.492 e. The number of rotatable bonds is 9. The maximum atomic E-state index is 9.73. The molecule has 11 heteroatoms. The molecule has 0 amide bonds. The van der Waals surface area contributed by atoms with E-state index in [0.29, 0.717) is 53.2 Å². The van der Waals surface area contributed by atoms with Gasteiger partial charge in [-0.2, -0.15) is 10.2 Å². The Morgan fingerprint density at radius 2 is 2.00 bits per heavy atom. The molecule has 208 valence electrons. The van der Waals surface area contributed by atoms with Gasteiger partial charge < -0.3 is 29.7 Å². The number of nitrogens with one attached hydrogen (secondary N) is 2. The number of pyridine rings is 1. The molecule has 11 nitrogen and oxygen atoms in total. The number of aromatic nitrogens is 3. The third kappa shape index (κ3) is 5.79. The third-order valence-corrected chi connectivity index (χ3v) is 7.75. The molecule has 2 aromatic heterocycles. The second-order valence-corrected chi connectivity index (χ2v) is 10.3. The number of piperazine rings is 1. The summed E-state index contributed by atoms with van der Waals surface area (Å²) in [5, 5.41) is 16.3. The molecule has 1 aromatic carbocycles. The second kappa shape index (κ2) is 12.0. The van der Waals surface area contributed by atoms with Gasteiger partial charge in [0.15, 0.2) is 0 Å². The Labute approximate surface area is 234 Å². The van der Waals surface area contributed by atoms with Crippen molar-refractivity contribution in [3.05, 3.63) is 48.2 Å². The molecular formula is C29H34N8O3. The van der Waals surface area contributed by atoms with Crippen LogP contribution in [-0.4, -0.2) is 92.1 Å². The number of ether oxygens (including phenoxy) is 3. The Bertz CT molecular complexity index is 1360. The molecule has 0 aliphatic carbocycles. The second-order valence-electron chi connectivity index (χ2n) is 10.3. The van der Waals surface area contributed by atoms with E-state index < -0.39 is 0 Å². The van der Waals surface area contributed by atoms with Crippen LogP contribution in [0.25, 0.3) is 11.3 Å². The van der Waals surface area contributed by atoms with Gasteiger partial charge in [0.25, 0.3) is 0 Å². The van der Waals surface area contributed by atoms with Gasteiger partial charge in [-0.25, -0.2) is 9.97 Å². The standard InChI is InChI=1S/C29H34N8O3/c1-38-28-25(37-12-10-36(11-13-37)23-18-39-19-23)3-5-27(34-28)35-29-32-9-7-24(33-29)21-2-4-26(22(14-21)15-30)40-17-20-6-8-31-16-20/h2-5,7,9,14,20,23,31H,6,8,10-13,16-19H2,1H3,(H,32,33,34,35). The van der Waals surface area contributed by atoms with Gasteiger partial charge in [-0.15, -0.1) is 0 Å². The molecule has 3 saturated heterocycles. The zero-order chi connectivity index (χ0) is 27.3. The van der Waals surface area contributed by atoms with Gasteiger partial charge in [0.2, 0.25) is 11.8 Å². The van der Waals surface area contributed by atoms with Gasteiger partial charge in [0.05, 0.1) is 44.2 Å². The van der Waals surface area contributed by atoms with Crippen molar-refractivity contribution in [1.82, 2.24) is 25.2 Å². The Hall–Kier alpha value is -3.98. The van der Waals surface area contributed by atoms with Gasteiger partial charge in [0.1, 0.15) is 23.3 Å². The van der Waals surface area contributed by atoms with E-state index in [2.05, 4.69) is 41.5 Å². The van der Waals surface area contributed by atoms with E-state index >= 15 is 0 Å². The summed E-state index contributed by atoms with van der Waals surface area (Å²) in [5.41, 5.74) is 2.97. The van der Waals surface area contributed by atoms with Crippen LogP contribution in [0.15, 0.2) is 42.6 Å². The molecule has 3 aromatic rings. The van der Waals surface area contributed by atoms with Crippen molar-refractivity contribution in [3.8, 4) is 29.0 Å². The average Bonchev–Trinajstić information content (AvgIpc) is 3.49. The van der Waals surface area contributed by atoms with Crippen LogP contribution in [0.4, 0.5) is 17.5 Å². The molecule has 3 fully saturated rings. The van der Waals surface area contributed by atoms with E-state index in [1.807, 2.05) is 36.4 Å². The lowest BCUT2D eigenvalue weighted by Crippen LogP contribution is -2.56. The van der Waals surface area contributed by atoms with E-state index in [0.717, 1.165) is 70.2 Å². The molecule has 0 radical (unpaired) electrons. The highest BCUT2D eigenvalue weighted by atomic mass is 16.5. The van der Waals surface area contributed by atoms with Crippen molar-refractivity contribution in [2.75, 3.05) is 76.4 Å². The SMILES string of the molecule is COc1nc(Nc2nccc(-c3ccc(OCC4CCNC4)c(C#N)c3)n2)ccc1N1CCN(C2COC2)CC1. The lowest BCUT2D eigenvalue weighted by atomic mass is 10.1. The van der Waals surface area contributed by atoms with Gasteiger partial charge in [-0.05, 0) is 49.4 Å².